The van der Waals surface area contributed by atoms with E-state index in [0.717, 1.165) is 0 Å². The van der Waals surface area contributed by atoms with Gasteiger partial charge in [-0.3, -0.25) is 4.79 Å². The van der Waals surface area contributed by atoms with Crippen LogP contribution in [0.2, 0.25) is 0 Å². The van der Waals surface area contributed by atoms with Gasteiger partial charge in [-0.05, 0) is 39.0 Å². The summed E-state index contributed by atoms with van der Waals surface area (Å²) >= 11 is 0. The Kier molecular flexibility index (Phi) is 8.68. The molecule has 0 aromatic carbocycles. The number of methoxy groups -OCH3 is 1. The molecule has 0 bridgehead atoms. The van der Waals surface area contributed by atoms with Gasteiger partial charge in [-0.2, -0.15) is 0 Å². The number of carboxylic acid groups (broad SMARTS) is 1. The first kappa shape index (κ1) is 17.9. The minimum atomic E-state index is -1.04. The van der Waals surface area contributed by atoms with E-state index in [1.54, 1.807) is 0 Å². The fraction of sp³-hybridized carbons (Fsp3) is 0.818. The summed E-state index contributed by atoms with van der Waals surface area (Å²) in [5, 5.41) is 10.2. The third-order valence-corrected chi connectivity index (χ3v) is 2.96. The molecule has 1 atom stereocenters. The Bertz CT molecular complexity index is 238. The second-order valence-electron chi connectivity index (χ2n) is 4.38. The summed E-state index contributed by atoms with van der Waals surface area (Å²) in [5.74, 6) is -1.22. The molecular weight excluding hydrogens is 203 g/mol. The Morgan fingerprint density at radius 2 is 1.88 bits per heavy atom. The van der Waals surface area contributed by atoms with Crippen LogP contribution < -0.4 is 24.0 Å². The molecule has 5 heteroatoms. The molecule has 0 heterocycles. The summed E-state index contributed by atoms with van der Waals surface area (Å²) in [7, 11) is 1.36. The molecule has 0 radical (unpaired) electrons. The molecule has 0 saturated heterocycles. The number of hydrogen-bond acceptors (Lipinski definition) is 4. The molecule has 0 amide bonds. The molecule has 0 aliphatic rings. The zero-order valence-corrected chi connectivity index (χ0v) is 10.8. The van der Waals surface area contributed by atoms with Crippen LogP contribution in [0.15, 0.2) is 0 Å². The van der Waals surface area contributed by atoms with E-state index in [2.05, 4.69) is 0 Å². The molecule has 0 saturated carbocycles. The first-order valence-electron chi connectivity index (χ1n) is 5.10. The van der Waals surface area contributed by atoms with Gasteiger partial charge in [0.2, 0.25) is 0 Å². The number of carbonyl (C=O) groups is 2. The predicted octanol–water partition coefficient (Wildman–Crippen LogP) is -2.25. The summed E-state index contributed by atoms with van der Waals surface area (Å²) in [5.41, 5.74) is -0.569. The van der Waals surface area contributed by atoms with Crippen molar-refractivity contribution in [1.29, 1.82) is 0 Å². The monoisotopic (exact) mass is 222 g/mol. The minimum absolute atomic E-state index is 0. The van der Waals surface area contributed by atoms with Gasteiger partial charge in [0, 0.05) is 5.97 Å². The maximum absolute atomic E-state index is 11.4. The van der Waals surface area contributed by atoms with Crippen molar-refractivity contribution in [1.82, 2.24) is 0 Å². The van der Waals surface area contributed by atoms with Crippen molar-refractivity contribution in [3.63, 3.8) is 0 Å². The van der Waals surface area contributed by atoms with Crippen LogP contribution in [0.25, 0.3) is 0 Å². The Morgan fingerprint density at radius 1 is 1.38 bits per heavy atom. The summed E-state index contributed by atoms with van der Waals surface area (Å²) < 4.78 is 4.70. The van der Waals surface area contributed by atoms with Gasteiger partial charge in [-0.1, -0.05) is 6.92 Å². The molecule has 4 nitrogen and oxygen atoms in total. The SMILES string of the molecule is COC(=O)C(C)(C)C(C)CCCC(=O)[O-].[Li+]. The number of aliphatic carboxylic acids is 1. The maximum atomic E-state index is 11.4. The van der Waals surface area contributed by atoms with E-state index < -0.39 is 11.4 Å². The van der Waals surface area contributed by atoms with Crippen molar-refractivity contribution in [2.24, 2.45) is 11.3 Å². The standard InChI is InChI=1S/C11H20O4.Li/c1-8(6-5-7-9(12)13)11(2,3)10(14)15-4;/h8H,5-7H2,1-4H3,(H,12,13);/q;+1/p-1. The molecular formula is C11H19LiO4. The van der Waals surface area contributed by atoms with Gasteiger partial charge in [0.15, 0.2) is 0 Å². The second-order valence-corrected chi connectivity index (χ2v) is 4.38. The van der Waals surface area contributed by atoms with Crippen LogP contribution >= 0.6 is 0 Å². The van der Waals surface area contributed by atoms with Crippen LogP contribution in [0, 0.1) is 11.3 Å². The number of ether oxygens (including phenoxy) is 1. The van der Waals surface area contributed by atoms with Gasteiger partial charge >= 0.3 is 24.8 Å². The molecule has 0 aliphatic heterocycles. The smallest absolute Gasteiger partial charge is 0.550 e. The number of esters is 1. The van der Waals surface area contributed by atoms with Crippen molar-refractivity contribution in [3.8, 4) is 0 Å². The Balaban J connectivity index is 0. The van der Waals surface area contributed by atoms with Gasteiger partial charge in [0.25, 0.3) is 0 Å². The molecule has 0 N–H and O–H groups in total. The van der Waals surface area contributed by atoms with Crippen molar-refractivity contribution in [2.75, 3.05) is 7.11 Å². The molecule has 0 fully saturated rings. The molecule has 0 aromatic rings. The second kappa shape index (κ2) is 7.75. The maximum Gasteiger partial charge on any atom is 1.00 e. The number of carbonyl (C=O) groups excluding carboxylic acids is 2. The van der Waals surface area contributed by atoms with Crippen LogP contribution in [0.4, 0.5) is 0 Å². The quantitative estimate of drug-likeness (QED) is 0.376. The zero-order chi connectivity index (χ0) is 12.1. The fourth-order valence-electron chi connectivity index (χ4n) is 1.38. The van der Waals surface area contributed by atoms with Gasteiger partial charge in [0.1, 0.15) is 0 Å². The van der Waals surface area contributed by atoms with E-state index in [4.69, 9.17) is 4.74 Å². The predicted molar refractivity (Wildman–Crippen MR) is 53.8 cm³/mol. The van der Waals surface area contributed by atoms with E-state index in [0.29, 0.717) is 12.8 Å². The summed E-state index contributed by atoms with van der Waals surface area (Å²) in [6, 6.07) is 0. The largest absolute Gasteiger partial charge is 1.00 e. The first-order valence-corrected chi connectivity index (χ1v) is 5.10. The van der Waals surface area contributed by atoms with Crippen molar-refractivity contribution in [2.45, 2.75) is 40.0 Å². The third kappa shape index (κ3) is 5.57. The molecule has 0 rings (SSSR count). The summed E-state index contributed by atoms with van der Waals surface area (Å²) in [6.07, 6.45) is 1.25. The van der Waals surface area contributed by atoms with Crippen LogP contribution in [0.3, 0.4) is 0 Å². The molecule has 1 unspecified atom stereocenters. The van der Waals surface area contributed by atoms with Crippen molar-refractivity contribution >= 4 is 11.9 Å². The fourth-order valence-corrected chi connectivity index (χ4v) is 1.38. The zero-order valence-electron chi connectivity index (χ0n) is 10.8. The average molecular weight is 222 g/mol. The van der Waals surface area contributed by atoms with Crippen molar-refractivity contribution in [3.05, 3.63) is 0 Å². The van der Waals surface area contributed by atoms with Gasteiger partial charge in [0.05, 0.1) is 12.5 Å². The Labute approximate surface area is 109 Å². The first-order chi connectivity index (χ1) is 6.82. The van der Waals surface area contributed by atoms with Crippen LogP contribution in [0.5, 0.6) is 0 Å². The Morgan fingerprint density at radius 3 is 2.25 bits per heavy atom. The van der Waals surface area contributed by atoms with Gasteiger partial charge in [-0.25, -0.2) is 0 Å². The number of rotatable bonds is 6. The number of hydrogen-bond donors (Lipinski definition) is 0. The number of carboxylic acids is 1. The topological polar surface area (TPSA) is 66.4 Å². The molecule has 16 heavy (non-hydrogen) atoms. The minimum Gasteiger partial charge on any atom is -0.550 e. The third-order valence-electron chi connectivity index (χ3n) is 2.96. The normalized spacial score (nSPS) is 12.5. The van der Waals surface area contributed by atoms with E-state index in [1.807, 2.05) is 20.8 Å². The van der Waals surface area contributed by atoms with Crippen LogP contribution in [-0.4, -0.2) is 19.0 Å². The van der Waals surface area contributed by atoms with E-state index in [9.17, 15) is 14.7 Å². The van der Waals surface area contributed by atoms with Gasteiger partial charge < -0.3 is 14.6 Å². The summed E-state index contributed by atoms with van der Waals surface area (Å²) in [4.78, 5) is 21.6. The van der Waals surface area contributed by atoms with Crippen LogP contribution in [-0.2, 0) is 14.3 Å². The van der Waals surface area contributed by atoms with E-state index in [1.165, 1.54) is 7.11 Å². The summed E-state index contributed by atoms with van der Waals surface area (Å²) in [6.45, 7) is 5.54. The molecule has 0 aromatic heterocycles. The van der Waals surface area contributed by atoms with E-state index >= 15 is 0 Å². The molecule has 0 spiro atoms. The van der Waals surface area contributed by atoms with Crippen molar-refractivity contribution < 1.29 is 38.3 Å². The van der Waals surface area contributed by atoms with E-state index in [-0.39, 0.29) is 37.2 Å². The average Bonchev–Trinajstić information content (AvgIpc) is 2.15. The Hall–Kier alpha value is -0.463. The molecule has 0 aliphatic carbocycles. The van der Waals surface area contributed by atoms with Gasteiger partial charge in [-0.15, -0.1) is 0 Å². The van der Waals surface area contributed by atoms with Crippen LogP contribution in [0.1, 0.15) is 40.0 Å². The molecule has 88 valence electrons.